The van der Waals surface area contributed by atoms with Crippen LogP contribution in [0.15, 0.2) is 35.1 Å². The van der Waals surface area contributed by atoms with Gasteiger partial charge in [0, 0.05) is 12.6 Å². The maximum Gasteiger partial charge on any atom is 0.273 e. The highest BCUT2D eigenvalue weighted by atomic mass is 19.2. The van der Waals surface area contributed by atoms with Gasteiger partial charge in [-0.15, -0.1) is 0 Å². The van der Waals surface area contributed by atoms with Gasteiger partial charge in [0.2, 0.25) is 0 Å². The zero-order chi connectivity index (χ0) is 15.7. The minimum absolute atomic E-state index is 0.193. The van der Waals surface area contributed by atoms with Crippen molar-refractivity contribution >= 4 is 5.91 Å². The summed E-state index contributed by atoms with van der Waals surface area (Å²) in [5, 5.41) is 6.47. The molecule has 5 nitrogen and oxygen atoms in total. The topological polar surface area (TPSA) is 58.4 Å². The molecule has 0 unspecified atom stereocenters. The minimum Gasteiger partial charge on any atom is -0.364 e. The summed E-state index contributed by atoms with van der Waals surface area (Å²) in [7, 11) is 1.88. The van der Waals surface area contributed by atoms with Crippen molar-refractivity contribution in [2.75, 3.05) is 13.6 Å². The molecule has 1 aromatic heterocycles. The lowest BCUT2D eigenvalue weighted by Gasteiger charge is -2.26. The second kappa shape index (κ2) is 5.84. The Kier molecular flexibility index (Phi) is 3.89. The number of hydrogen-bond donors (Lipinski definition) is 1. The Morgan fingerprint density at radius 1 is 1.36 bits per heavy atom. The van der Waals surface area contributed by atoms with E-state index < -0.39 is 11.6 Å². The van der Waals surface area contributed by atoms with Crippen LogP contribution in [-0.2, 0) is 0 Å². The molecule has 1 amide bonds. The number of aromatic nitrogens is 1. The normalized spacial score (nSPS) is 22.0. The fourth-order valence-corrected chi connectivity index (χ4v) is 2.85. The third-order valence-electron chi connectivity index (χ3n) is 3.92. The average Bonchev–Trinajstić information content (AvgIpc) is 3.13. The summed E-state index contributed by atoms with van der Waals surface area (Å²) in [5.41, 5.74) is 0.822. The zero-order valence-corrected chi connectivity index (χ0v) is 11.9. The van der Waals surface area contributed by atoms with Crippen molar-refractivity contribution in [3.8, 4) is 0 Å². The first-order valence-electron chi connectivity index (χ1n) is 6.92. The zero-order valence-electron chi connectivity index (χ0n) is 11.9. The van der Waals surface area contributed by atoms with E-state index in [2.05, 4.69) is 15.0 Å². The van der Waals surface area contributed by atoms with Gasteiger partial charge in [0.25, 0.3) is 5.91 Å². The molecule has 1 aromatic carbocycles. The Hall–Kier alpha value is -2.28. The minimum atomic E-state index is -0.889. The van der Waals surface area contributed by atoms with E-state index >= 15 is 0 Å². The lowest BCUT2D eigenvalue weighted by Crippen LogP contribution is -2.39. The van der Waals surface area contributed by atoms with Crippen LogP contribution < -0.4 is 5.32 Å². The summed E-state index contributed by atoms with van der Waals surface area (Å²) in [6.45, 7) is 0.743. The predicted molar refractivity (Wildman–Crippen MR) is 74.1 cm³/mol. The van der Waals surface area contributed by atoms with Crippen molar-refractivity contribution in [2.45, 2.75) is 18.5 Å². The Balaban J connectivity index is 1.81. The summed E-state index contributed by atoms with van der Waals surface area (Å²) in [6.07, 6.45) is 2.03. The first kappa shape index (κ1) is 14.6. The van der Waals surface area contributed by atoms with Gasteiger partial charge < -0.3 is 9.84 Å². The molecule has 3 rings (SSSR count). The summed E-state index contributed by atoms with van der Waals surface area (Å²) in [5.74, 6) is -2.12. The monoisotopic (exact) mass is 307 g/mol. The van der Waals surface area contributed by atoms with Gasteiger partial charge in [-0.05, 0) is 31.2 Å². The molecule has 116 valence electrons. The van der Waals surface area contributed by atoms with Crippen molar-refractivity contribution in [1.29, 1.82) is 0 Å². The average molecular weight is 307 g/mol. The standard InChI is InChI=1S/C15H15F2N3O2/c1-20-6-4-12(18-15(21)13-5-7-22-19-13)14(20)9-2-3-10(16)11(17)8-9/h2-3,5,7-8,12,14H,4,6H2,1H3,(H,18,21)/t12-,14+/m1/s1. The van der Waals surface area contributed by atoms with Crippen LogP contribution in [0.2, 0.25) is 0 Å². The maximum atomic E-state index is 13.5. The van der Waals surface area contributed by atoms with Crippen LogP contribution in [0.1, 0.15) is 28.5 Å². The Morgan fingerprint density at radius 3 is 2.86 bits per heavy atom. The second-order valence-corrected chi connectivity index (χ2v) is 5.35. The molecule has 0 aliphatic carbocycles. The van der Waals surface area contributed by atoms with Crippen LogP contribution in [0, 0.1) is 11.6 Å². The van der Waals surface area contributed by atoms with E-state index in [0.717, 1.165) is 12.6 Å². The third-order valence-corrected chi connectivity index (χ3v) is 3.92. The van der Waals surface area contributed by atoms with Crippen LogP contribution in [0.3, 0.4) is 0 Å². The number of nitrogens with one attached hydrogen (secondary N) is 1. The molecule has 0 spiro atoms. The second-order valence-electron chi connectivity index (χ2n) is 5.35. The van der Waals surface area contributed by atoms with E-state index in [1.165, 1.54) is 18.4 Å². The van der Waals surface area contributed by atoms with Crippen molar-refractivity contribution < 1.29 is 18.1 Å². The Bertz CT molecular complexity index is 675. The highest BCUT2D eigenvalue weighted by Gasteiger charge is 2.34. The van der Waals surface area contributed by atoms with E-state index in [9.17, 15) is 13.6 Å². The number of nitrogens with zero attached hydrogens (tertiary/aromatic N) is 2. The molecule has 22 heavy (non-hydrogen) atoms. The summed E-state index contributed by atoms with van der Waals surface area (Å²) < 4.78 is 31.2. The lowest BCUT2D eigenvalue weighted by molar-refractivity contribution is 0.0918. The predicted octanol–water partition coefficient (Wildman–Crippen LogP) is 2.13. The molecule has 0 bridgehead atoms. The highest BCUT2D eigenvalue weighted by Crippen LogP contribution is 2.31. The van der Waals surface area contributed by atoms with Gasteiger partial charge >= 0.3 is 0 Å². The number of hydrogen-bond acceptors (Lipinski definition) is 4. The summed E-state index contributed by atoms with van der Waals surface area (Å²) in [6, 6.07) is 4.87. The number of rotatable bonds is 3. The molecule has 1 N–H and O–H groups in total. The number of halogens is 2. The number of likely N-dealkylation sites (tertiary alicyclic amines) is 1. The first-order valence-corrected chi connectivity index (χ1v) is 6.92. The van der Waals surface area contributed by atoms with Crippen LogP contribution in [0.5, 0.6) is 0 Å². The van der Waals surface area contributed by atoms with Gasteiger partial charge in [0.15, 0.2) is 17.3 Å². The van der Waals surface area contributed by atoms with Gasteiger partial charge in [-0.2, -0.15) is 0 Å². The lowest BCUT2D eigenvalue weighted by atomic mass is 9.99. The van der Waals surface area contributed by atoms with Crippen molar-refractivity contribution in [3.05, 3.63) is 53.4 Å². The van der Waals surface area contributed by atoms with Crippen LogP contribution in [-0.4, -0.2) is 35.6 Å². The molecule has 0 saturated carbocycles. The molecule has 2 aromatic rings. The fourth-order valence-electron chi connectivity index (χ4n) is 2.85. The SMILES string of the molecule is CN1CC[C@@H](NC(=O)c2ccon2)[C@@H]1c1ccc(F)c(F)c1. The maximum absolute atomic E-state index is 13.5. The van der Waals surface area contributed by atoms with E-state index in [4.69, 9.17) is 0 Å². The van der Waals surface area contributed by atoms with E-state index in [0.29, 0.717) is 12.0 Å². The van der Waals surface area contributed by atoms with Crippen LogP contribution in [0.25, 0.3) is 0 Å². The highest BCUT2D eigenvalue weighted by molar-refractivity contribution is 5.92. The summed E-state index contributed by atoms with van der Waals surface area (Å²) >= 11 is 0. The molecule has 1 saturated heterocycles. The molecule has 0 radical (unpaired) electrons. The Labute approximate surface area is 125 Å². The Morgan fingerprint density at radius 2 is 2.18 bits per heavy atom. The molecule has 2 atom stereocenters. The number of likely N-dealkylation sites (N-methyl/N-ethyl adjacent to an activating group) is 1. The molecular weight excluding hydrogens is 292 g/mol. The smallest absolute Gasteiger partial charge is 0.273 e. The van der Waals surface area contributed by atoms with E-state index in [-0.39, 0.29) is 23.7 Å². The quantitative estimate of drug-likeness (QED) is 0.944. The van der Waals surface area contributed by atoms with Crippen molar-refractivity contribution in [1.82, 2.24) is 15.4 Å². The fraction of sp³-hybridized carbons (Fsp3) is 0.333. The van der Waals surface area contributed by atoms with E-state index in [1.807, 2.05) is 11.9 Å². The van der Waals surface area contributed by atoms with Gasteiger partial charge in [0.1, 0.15) is 6.26 Å². The van der Waals surface area contributed by atoms with E-state index in [1.54, 1.807) is 6.07 Å². The number of carbonyl (C=O) groups is 1. The molecule has 1 aliphatic rings. The third kappa shape index (κ3) is 2.71. The van der Waals surface area contributed by atoms with Crippen molar-refractivity contribution in [3.63, 3.8) is 0 Å². The van der Waals surface area contributed by atoms with Crippen molar-refractivity contribution in [2.24, 2.45) is 0 Å². The number of amides is 1. The first-order chi connectivity index (χ1) is 10.6. The number of benzene rings is 1. The van der Waals surface area contributed by atoms with Crippen LogP contribution in [0.4, 0.5) is 8.78 Å². The van der Waals surface area contributed by atoms with Gasteiger partial charge in [-0.1, -0.05) is 11.2 Å². The summed E-state index contributed by atoms with van der Waals surface area (Å²) in [4.78, 5) is 14.1. The molecule has 2 heterocycles. The molecular formula is C15H15F2N3O2. The van der Waals surface area contributed by atoms with Crippen LogP contribution >= 0.6 is 0 Å². The molecule has 1 fully saturated rings. The number of carbonyl (C=O) groups excluding carboxylic acids is 1. The molecule has 1 aliphatic heterocycles. The van der Waals surface area contributed by atoms with Gasteiger partial charge in [-0.3, -0.25) is 9.69 Å². The molecule has 7 heteroatoms. The van der Waals surface area contributed by atoms with Gasteiger partial charge in [0.05, 0.1) is 12.1 Å². The van der Waals surface area contributed by atoms with Gasteiger partial charge in [-0.25, -0.2) is 8.78 Å². The largest absolute Gasteiger partial charge is 0.364 e.